The number of likely N-dealkylation sites (tertiary alicyclic amines) is 1. The minimum absolute atomic E-state index is 0.222. The summed E-state index contributed by atoms with van der Waals surface area (Å²) in [4.78, 5) is 21.1. The summed E-state index contributed by atoms with van der Waals surface area (Å²) in [5, 5.41) is 4.49. The van der Waals surface area contributed by atoms with Crippen molar-refractivity contribution in [1.82, 2.24) is 24.6 Å². The van der Waals surface area contributed by atoms with Gasteiger partial charge in [-0.1, -0.05) is 18.7 Å². The van der Waals surface area contributed by atoms with Gasteiger partial charge in [-0.05, 0) is 12.1 Å². The molecule has 144 valence electrons. The average Bonchev–Trinajstić information content (AvgIpc) is 2.99. The molecule has 0 atom stereocenters. The van der Waals surface area contributed by atoms with E-state index in [2.05, 4.69) is 21.6 Å². The van der Waals surface area contributed by atoms with E-state index in [1.807, 2.05) is 0 Å². The van der Waals surface area contributed by atoms with Crippen LogP contribution >= 0.6 is 0 Å². The van der Waals surface area contributed by atoms with Crippen molar-refractivity contribution in [3.05, 3.63) is 54.8 Å². The highest BCUT2D eigenvalue weighted by Gasteiger charge is 2.35. The Kier molecular flexibility index (Phi) is 4.13. The molecular formula is C18H13F4N5O. The van der Waals surface area contributed by atoms with Crippen molar-refractivity contribution in [2.24, 2.45) is 0 Å². The van der Waals surface area contributed by atoms with Crippen LogP contribution in [-0.4, -0.2) is 43.6 Å². The second-order valence-corrected chi connectivity index (χ2v) is 6.39. The van der Waals surface area contributed by atoms with Crippen LogP contribution in [0.3, 0.4) is 0 Å². The summed E-state index contributed by atoms with van der Waals surface area (Å²) in [7, 11) is 0. The smallest absolute Gasteiger partial charge is 0.332 e. The summed E-state index contributed by atoms with van der Waals surface area (Å²) in [6.45, 7) is 3.47. The van der Waals surface area contributed by atoms with E-state index >= 15 is 0 Å². The number of carbonyl (C=O) groups is 1. The zero-order valence-electron chi connectivity index (χ0n) is 14.3. The highest BCUT2D eigenvalue weighted by atomic mass is 19.4. The molecule has 1 saturated heterocycles. The Hall–Kier alpha value is -3.30. The monoisotopic (exact) mass is 391 g/mol. The Morgan fingerprint density at radius 2 is 1.86 bits per heavy atom. The van der Waals surface area contributed by atoms with Crippen LogP contribution in [0.2, 0.25) is 0 Å². The number of aromatic nitrogens is 4. The minimum atomic E-state index is -4.43. The van der Waals surface area contributed by atoms with Crippen LogP contribution in [0.25, 0.3) is 22.3 Å². The first-order valence-corrected chi connectivity index (χ1v) is 8.25. The first-order chi connectivity index (χ1) is 13.3. The number of benzene rings is 1. The fraction of sp³-hybridized carbons (Fsp3) is 0.222. The van der Waals surface area contributed by atoms with E-state index in [9.17, 15) is 22.4 Å². The van der Waals surface area contributed by atoms with Gasteiger partial charge >= 0.3 is 6.18 Å². The molecule has 0 bridgehead atoms. The van der Waals surface area contributed by atoms with E-state index in [4.69, 9.17) is 0 Å². The van der Waals surface area contributed by atoms with E-state index in [1.54, 1.807) is 10.9 Å². The van der Waals surface area contributed by atoms with Crippen molar-refractivity contribution < 1.29 is 22.4 Å². The largest absolute Gasteiger partial charge is 0.416 e. The number of fused-ring (bicyclic) bond motifs is 1. The van der Waals surface area contributed by atoms with Gasteiger partial charge in [0.25, 0.3) is 5.91 Å². The second-order valence-electron chi connectivity index (χ2n) is 6.39. The Labute approximate surface area is 156 Å². The zero-order valence-corrected chi connectivity index (χ0v) is 14.3. The number of hydrogen-bond donors (Lipinski definition) is 0. The molecule has 3 aromatic rings. The molecule has 0 aliphatic carbocycles. The van der Waals surface area contributed by atoms with Crippen LogP contribution < -0.4 is 0 Å². The molecular weight excluding hydrogens is 378 g/mol. The van der Waals surface area contributed by atoms with Gasteiger partial charge in [-0.15, -0.1) is 0 Å². The average molecular weight is 391 g/mol. The summed E-state index contributed by atoms with van der Waals surface area (Å²) in [6.07, 6.45) is -1.56. The van der Waals surface area contributed by atoms with Crippen LogP contribution in [0.5, 0.6) is 0 Å². The van der Waals surface area contributed by atoms with E-state index in [0.717, 1.165) is 12.1 Å². The van der Waals surface area contributed by atoms with Crippen LogP contribution in [0.15, 0.2) is 49.2 Å². The van der Waals surface area contributed by atoms with Crippen LogP contribution in [-0.2, 0) is 11.0 Å². The van der Waals surface area contributed by atoms with E-state index in [0.29, 0.717) is 22.3 Å². The molecule has 28 heavy (non-hydrogen) atoms. The maximum absolute atomic E-state index is 13.0. The van der Waals surface area contributed by atoms with E-state index < -0.39 is 23.5 Å². The third-order valence-corrected chi connectivity index (χ3v) is 4.58. The Balaban J connectivity index is 1.68. The van der Waals surface area contributed by atoms with Crippen LogP contribution in [0.4, 0.5) is 17.6 Å². The van der Waals surface area contributed by atoms with E-state index in [-0.39, 0.29) is 19.1 Å². The topological polar surface area (TPSA) is 63.9 Å². The van der Waals surface area contributed by atoms with Crippen molar-refractivity contribution in [2.75, 3.05) is 13.1 Å². The molecule has 10 heteroatoms. The number of alkyl halides is 3. The van der Waals surface area contributed by atoms with Gasteiger partial charge in [-0.25, -0.2) is 14.4 Å². The lowest BCUT2D eigenvalue weighted by Crippen LogP contribution is -2.51. The van der Waals surface area contributed by atoms with Gasteiger partial charge in [-0.3, -0.25) is 9.48 Å². The number of hydrogen-bond acceptors (Lipinski definition) is 4. The van der Waals surface area contributed by atoms with E-state index in [1.165, 1.54) is 23.4 Å². The predicted molar refractivity (Wildman–Crippen MR) is 91.6 cm³/mol. The molecule has 1 aliphatic rings. The molecule has 0 radical (unpaired) electrons. The fourth-order valence-electron chi connectivity index (χ4n) is 3.12. The highest BCUT2D eigenvalue weighted by Crippen LogP contribution is 2.34. The van der Waals surface area contributed by atoms with Crippen molar-refractivity contribution in [3.8, 4) is 11.3 Å². The first kappa shape index (κ1) is 18.1. The molecule has 1 aromatic carbocycles. The number of rotatable bonds is 3. The molecule has 3 heterocycles. The van der Waals surface area contributed by atoms with Gasteiger partial charge in [0.15, 0.2) is 5.83 Å². The SMILES string of the molecule is C=C(F)C(=O)N1CC(n2nc(-c3ccc(C(F)(F)F)cc3)c3ncncc32)C1. The summed E-state index contributed by atoms with van der Waals surface area (Å²) in [6, 6.07) is 4.41. The molecule has 1 fully saturated rings. The number of carbonyl (C=O) groups excluding carboxylic acids is 1. The second kappa shape index (κ2) is 6.39. The number of halogens is 4. The fourth-order valence-corrected chi connectivity index (χ4v) is 3.12. The summed E-state index contributed by atoms with van der Waals surface area (Å²) < 4.78 is 53.0. The van der Waals surface area contributed by atoms with Gasteiger partial charge in [0, 0.05) is 18.7 Å². The molecule has 0 unspecified atom stereocenters. The molecule has 0 spiro atoms. The lowest BCUT2D eigenvalue weighted by molar-refractivity contribution is -0.137. The third kappa shape index (κ3) is 3.00. The standard InChI is InChI=1S/C18H13F4N5O/c1-10(19)17(28)26-7-13(8-26)27-14-6-23-9-24-16(14)15(25-27)11-2-4-12(5-3-11)18(20,21)22/h2-6,9,13H,1,7-8H2. The summed E-state index contributed by atoms with van der Waals surface area (Å²) in [5.41, 5.74) is 1.18. The molecule has 0 saturated carbocycles. The van der Waals surface area contributed by atoms with Crippen LogP contribution in [0, 0.1) is 0 Å². The Morgan fingerprint density at radius 3 is 2.46 bits per heavy atom. The molecule has 1 amide bonds. The molecule has 1 aliphatic heterocycles. The van der Waals surface area contributed by atoms with Gasteiger partial charge in [0.05, 0.1) is 17.8 Å². The lowest BCUT2D eigenvalue weighted by atomic mass is 10.1. The quantitative estimate of drug-likeness (QED) is 0.507. The molecule has 0 N–H and O–H groups in total. The lowest BCUT2D eigenvalue weighted by Gasteiger charge is -2.38. The zero-order chi connectivity index (χ0) is 20.1. The third-order valence-electron chi connectivity index (χ3n) is 4.58. The van der Waals surface area contributed by atoms with Crippen molar-refractivity contribution in [1.29, 1.82) is 0 Å². The normalized spacial score (nSPS) is 14.9. The van der Waals surface area contributed by atoms with Crippen molar-refractivity contribution in [3.63, 3.8) is 0 Å². The molecule has 6 nitrogen and oxygen atoms in total. The Bertz CT molecular complexity index is 1070. The maximum Gasteiger partial charge on any atom is 0.416 e. The van der Waals surface area contributed by atoms with Crippen molar-refractivity contribution in [2.45, 2.75) is 12.2 Å². The molecule has 4 rings (SSSR count). The highest BCUT2D eigenvalue weighted by molar-refractivity contribution is 5.92. The van der Waals surface area contributed by atoms with Gasteiger partial charge in [-0.2, -0.15) is 18.3 Å². The minimum Gasteiger partial charge on any atom is -0.332 e. The number of amides is 1. The van der Waals surface area contributed by atoms with Gasteiger partial charge in [0.2, 0.25) is 0 Å². The number of nitrogens with zero attached hydrogens (tertiary/aromatic N) is 5. The van der Waals surface area contributed by atoms with Crippen LogP contribution in [0.1, 0.15) is 11.6 Å². The maximum atomic E-state index is 13.0. The van der Waals surface area contributed by atoms with Gasteiger partial charge < -0.3 is 4.90 Å². The Morgan fingerprint density at radius 1 is 1.18 bits per heavy atom. The summed E-state index contributed by atoms with van der Waals surface area (Å²) in [5.74, 6) is -1.80. The predicted octanol–water partition coefficient (Wildman–Crippen LogP) is 3.38. The first-order valence-electron chi connectivity index (χ1n) is 8.25. The molecule has 2 aromatic heterocycles. The van der Waals surface area contributed by atoms with Gasteiger partial charge in [0.1, 0.15) is 23.1 Å². The van der Waals surface area contributed by atoms with Crippen molar-refractivity contribution >= 4 is 16.9 Å². The summed E-state index contributed by atoms with van der Waals surface area (Å²) >= 11 is 0.